The topological polar surface area (TPSA) is 89.6 Å². The van der Waals surface area contributed by atoms with Crippen molar-refractivity contribution in [2.45, 2.75) is 43.5 Å². The Kier molecular flexibility index (Phi) is 8.92. The van der Waals surface area contributed by atoms with Crippen LogP contribution in [0.15, 0.2) is 42.5 Å². The summed E-state index contributed by atoms with van der Waals surface area (Å²) in [5, 5.41) is 5.97. The molecule has 2 aromatic rings. The first-order chi connectivity index (χ1) is 15.1. The summed E-state index contributed by atoms with van der Waals surface area (Å²) in [7, 11) is 1.33. The number of esters is 1. The first-order valence-corrected chi connectivity index (χ1v) is 13.3. The third-order valence-electron chi connectivity index (χ3n) is 5.19. The van der Waals surface area contributed by atoms with Crippen molar-refractivity contribution in [1.29, 1.82) is 0 Å². The van der Waals surface area contributed by atoms with Crippen LogP contribution in [0.1, 0.15) is 24.1 Å². The van der Waals surface area contributed by atoms with E-state index in [1.807, 2.05) is 36.4 Å². The number of amides is 1. The van der Waals surface area contributed by atoms with Crippen molar-refractivity contribution in [3.8, 4) is 5.75 Å². The fourth-order valence-electron chi connectivity index (χ4n) is 3.48. The van der Waals surface area contributed by atoms with E-state index in [-0.39, 0.29) is 27.7 Å². The number of nitrogens with zero attached hydrogens (tertiary/aromatic N) is 1. The largest absolute Gasteiger partial charge is 0.341 e. The number of carbonyl (C=O) groups excluding carboxylic acids is 2. The quantitative estimate of drug-likeness (QED) is 0.385. The van der Waals surface area contributed by atoms with Crippen molar-refractivity contribution in [3.05, 3.63) is 53.7 Å². The number of hydrogen-bond donors (Lipinski definition) is 2. The van der Waals surface area contributed by atoms with Crippen molar-refractivity contribution in [2.24, 2.45) is 0 Å². The summed E-state index contributed by atoms with van der Waals surface area (Å²) in [5.74, 6) is 0.154. The van der Waals surface area contributed by atoms with E-state index < -0.39 is 12.0 Å². The third kappa shape index (κ3) is 7.08. The van der Waals surface area contributed by atoms with E-state index in [0.717, 1.165) is 42.8 Å². The number of hydrogen-bond acceptors (Lipinski definition) is 6. The maximum absolute atomic E-state index is 12.4. The second-order valence-electron chi connectivity index (χ2n) is 7.39. The van der Waals surface area contributed by atoms with Crippen LogP contribution in [0.3, 0.4) is 0 Å². The Morgan fingerprint density at radius 3 is 2.74 bits per heavy atom. The van der Waals surface area contributed by atoms with Crippen LogP contribution < -0.4 is 19.9 Å². The zero-order chi connectivity index (χ0) is 22.1. The predicted octanol–water partition coefficient (Wildman–Crippen LogP) is 1.03. The molecule has 1 radical (unpaired) electrons. The van der Waals surface area contributed by atoms with E-state index in [9.17, 15) is 9.59 Å². The SMILES string of the molecule is COC(=O)[C@H](Cc1ccc(OCCc2cccc([As]C)n2)cc1)NC(=O)C1CCCN1. The molecule has 2 N–H and O–H groups in total. The molecule has 1 fully saturated rings. The normalized spacial score (nSPS) is 16.9. The minimum atomic E-state index is -0.717. The molecule has 0 spiro atoms. The Hall–Kier alpha value is -2.37. The van der Waals surface area contributed by atoms with Crippen LogP contribution >= 0.6 is 0 Å². The Balaban J connectivity index is 1.52. The van der Waals surface area contributed by atoms with Gasteiger partial charge in [0.2, 0.25) is 5.91 Å². The van der Waals surface area contributed by atoms with Crippen LogP contribution in [-0.2, 0) is 27.2 Å². The first-order valence-electron chi connectivity index (χ1n) is 10.5. The summed E-state index contributed by atoms with van der Waals surface area (Å²) in [6.45, 7) is 1.37. The number of methoxy groups -OCH3 is 1. The molecule has 1 aliphatic heterocycles. The number of ether oxygens (including phenoxy) is 2. The van der Waals surface area contributed by atoms with E-state index >= 15 is 0 Å². The average Bonchev–Trinajstić information content (AvgIpc) is 3.34. The van der Waals surface area contributed by atoms with Crippen molar-refractivity contribution < 1.29 is 19.1 Å². The molecule has 1 aromatic carbocycles. The van der Waals surface area contributed by atoms with E-state index in [2.05, 4.69) is 27.4 Å². The summed E-state index contributed by atoms with van der Waals surface area (Å²) in [5.41, 5.74) is 4.14. The molecule has 3 rings (SSSR count). The van der Waals surface area contributed by atoms with Crippen molar-refractivity contribution in [3.63, 3.8) is 0 Å². The van der Waals surface area contributed by atoms with Gasteiger partial charge in [0.25, 0.3) is 0 Å². The molecule has 0 bridgehead atoms. The van der Waals surface area contributed by atoms with Gasteiger partial charge in [0.05, 0.1) is 13.2 Å². The zero-order valence-electron chi connectivity index (χ0n) is 18.0. The molecule has 8 heteroatoms. The van der Waals surface area contributed by atoms with Gasteiger partial charge >= 0.3 is 127 Å². The van der Waals surface area contributed by atoms with E-state index in [0.29, 0.717) is 13.0 Å². The van der Waals surface area contributed by atoms with Crippen LogP contribution in [0.2, 0.25) is 5.71 Å². The Morgan fingerprint density at radius 2 is 2.06 bits per heavy atom. The number of pyridine rings is 1. The molecule has 2 atom stereocenters. The predicted molar refractivity (Wildman–Crippen MR) is 120 cm³/mol. The molecule has 31 heavy (non-hydrogen) atoms. The van der Waals surface area contributed by atoms with Gasteiger partial charge in [0.1, 0.15) is 0 Å². The van der Waals surface area contributed by atoms with E-state index in [4.69, 9.17) is 9.47 Å². The summed E-state index contributed by atoms with van der Waals surface area (Å²) < 4.78 is 11.9. The minimum absolute atomic E-state index is 0.128. The fraction of sp³-hybridized carbons (Fsp3) is 0.435. The second kappa shape index (κ2) is 11.9. The molecule has 0 aliphatic carbocycles. The van der Waals surface area contributed by atoms with Crippen molar-refractivity contribution >= 4 is 32.1 Å². The van der Waals surface area contributed by atoms with Gasteiger partial charge < -0.3 is 15.4 Å². The van der Waals surface area contributed by atoms with Gasteiger partial charge in [0.15, 0.2) is 0 Å². The Bertz CT molecular complexity index is 869. The minimum Gasteiger partial charge on any atom is -0.341 e. The van der Waals surface area contributed by atoms with Gasteiger partial charge in [0, 0.05) is 0 Å². The summed E-state index contributed by atoms with van der Waals surface area (Å²) in [4.78, 5) is 29.2. The molecule has 2 heterocycles. The van der Waals surface area contributed by atoms with Gasteiger partial charge in [-0.25, -0.2) is 4.79 Å². The smallest absolute Gasteiger partial charge is 0.237 e. The maximum atomic E-state index is 12.4. The van der Waals surface area contributed by atoms with Crippen LogP contribution in [0.4, 0.5) is 0 Å². The molecule has 1 amide bonds. The Morgan fingerprint density at radius 1 is 1.26 bits per heavy atom. The van der Waals surface area contributed by atoms with Gasteiger partial charge in [-0.2, -0.15) is 0 Å². The summed E-state index contributed by atoms with van der Waals surface area (Å²) in [6, 6.07) is 12.8. The monoisotopic (exact) mass is 486 g/mol. The molecule has 165 valence electrons. The van der Waals surface area contributed by atoms with E-state index in [1.165, 1.54) is 11.6 Å². The van der Waals surface area contributed by atoms with Gasteiger partial charge in [-0.1, -0.05) is 0 Å². The Labute approximate surface area is 190 Å². The average molecular weight is 486 g/mol. The third-order valence-corrected chi connectivity index (χ3v) is 6.67. The van der Waals surface area contributed by atoms with Gasteiger partial charge in [-0.05, 0) is 19.4 Å². The standard InChI is InChI=1S/C23H29AsN3O4/c1-24-21-7-3-5-17(26-21)12-14-31-18-10-8-16(9-11-18)15-20(23(29)30-2)27-22(28)19-6-4-13-25-19/h3,5,7-11,19-20,25H,4,6,12-15H2,1-2H3,(H,27,28)/t19?,20-/m0/s1. The molecule has 0 saturated carbocycles. The summed E-state index contributed by atoms with van der Waals surface area (Å²) >= 11 is 0.128. The maximum Gasteiger partial charge on any atom is 0.237 e. The van der Waals surface area contributed by atoms with Crippen molar-refractivity contribution in [2.75, 3.05) is 20.3 Å². The van der Waals surface area contributed by atoms with Crippen LogP contribution in [0, 0.1) is 0 Å². The molecular weight excluding hydrogens is 457 g/mol. The molecule has 7 nitrogen and oxygen atoms in total. The van der Waals surface area contributed by atoms with Gasteiger partial charge in [-0.3, -0.25) is 4.79 Å². The second-order valence-corrected chi connectivity index (χ2v) is 9.29. The van der Waals surface area contributed by atoms with Crippen molar-refractivity contribution in [1.82, 2.24) is 15.6 Å². The zero-order valence-corrected chi connectivity index (χ0v) is 19.8. The van der Waals surface area contributed by atoms with Gasteiger partial charge in [-0.15, -0.1) is 0 Å². The first kappa shape index (κ1) is 23.3. The molecule has 1 unspecified atom stereocenters. The fourth-order valence-corrected chi connectivity index (χ4v) is 4.45. The number of benzene rings is 1. The van der Waals surface area contributed by atoms with E-state index in [1.54, 1.807) is 0 Å². The number of nitrogens with one attached hydrogen (secondary N) is 2. The molecule has 1 aromatic heterocycles. The molecule has 1 aliphatic rings. The molecular formula is C23H29AsN3O4. The van der Waals surface area contributed by atoms with Crippen LogP contribution in [-0.4, -0.2) is 65.0 Å². The van der Waals surface area contributed by atoms with Crippen LogP contribution in [0.25, 0.3) is 0 Å². The molecule has 1 saturated heterocycles. The number of aromatic nitrogens is 1. The number of rotatable bonds is 10. The van der Waals surface area contributed by atoms with Crippen LogP contribution in [0.5, 0.6) is 5.75 Å². The summed E-state index contributed by atoms with van der Waals surface area (Å²) in [6.07, 6.45) is 2.86. The number of carbonyl (C=O) groups is 2.